The van der Waals surface area contributed by atoms with Crippen LogP contribution in [0.2, 0.25) is 0 Å². The number of para-hydroxylation sites is 1. The van der Waals surface area contributed by atoms with Crippen LogP contribution in [0.3, 0.4) is 0 Å². The van der Waals surface area contributed by atoms with Gasteiger partial charge in [-0.25, -0.2) is 8.42 Å². The van der Waals surface area contributed by atoms with Crippen LogP contribution in [-0.2, 0) is 39.0 Å². The number of nitrogens with zero attached hydrogens (tertiary/aromatic N) is 2. The molecule has 3 rings (SSSR count). The van der Waals surface area contributed by atoms with Crippen LogP contribution in [-0.4, -0.2) is 57.1 Å². The molecule has 0 bridgehead atoms. The highest BCUT2D eigenvalue weighted by Gasteiger charge is 2.33. The predicted octanol–water partition coefficient (Wildman–Crippen LogP) is 4.19. The number of anilines is 1. The first-order valence-corrected chi connectivity index (χ1v) is 15.2. The standard InChI is InChI=1S/C31H39N3O5S/c1-6-26-16-10-11-18-28(26)34(40(5,37)38)22-30(35)33(21-25-15-12-17-27(19-25)39-4)29(31(36)32-23(2)3)20-24-13-8-7-9-14-24/h7-19,23,29H,6,20-22H2,1-5H3,(H,32,36)/t29-/m0/s1. The minimum absolute atomic E-state index is 0.0894. The van der Waals surface area contributed by atoms with Crippen LogP contribution in [0.4, 0.5) is 5.69 Å². The van der Waals surface area contributed by atoms with Crippen molar-refractivity contribution in [3.8, 4) is 5.75 Å². The maximum atomic E-state index is 14.2. The van der Waals surface area contributed by atoms with Gasteiger partial charge in [0.05, 0.1) is 19.1 Å². The number of aryl methyl sites for hydroxylation is 1. The fourth-order valence-corrected chi connectivity index (χ4v) is 5.43. The van der Waals surface area contributed by atoms with Gasteiger partial charge in [0.1, 0.15) is 18.3 Å². The van der Waals surface area contributed by atoms with Gasteiger partial charge in [-0.3, -0.25) is 13.9 Å². The molecule has 0 heterocycles. The second kappa shape index (κ2) is 14.0. The highest BCUT2D eigenvalue weighted by Crippen LogP contribution is 2.25. The molecule has 0 spiro atoms. The highest BCUT2D eigenvalue weighted by molar-refractivity contribution is 7.92. The normalized spacial score (nSPS) is 12.1. The third-order valence-electron chi connectivity index (χ3n) is 6.51. The number of carbonyl (C=O) groups excluding carboxylic acids is 2. The lowest BCUT2D eigenvalue weighted by molar-refractivity contribution is -0.140. The van der Waals surface area contributed by atoms with Gasteiger partial charge in [0, 0.05) is 19.0 Å². The summed E-state index contributed by atoms with van der Waals surface area (Å²) in [6.07, 6.45) is 1.95. The van der Waals surface area contributed by atoms with E-state index in [4.69, 9.17) is 4.74 Å². The largest absolute Gasteiger partial charge is 0.497 e. The van der Waals surface area contributed by atoms with Crippen LogP contribution >= 0.6 is 0 Å². The molecule has 2 amide bonds. The summed E-state index contributed by atoms with van der Waals surface area (Å²) in [6, 6.07) is 22.8. The Morgan fingerprint density at radius 2 is 1.57 bits per heavy atom. The molecule has 1 atom stereocenters. The molecule has 214 valence electrons. The molecule has 0 aliphatic heterocycles. The van der Waals surface area contributed by atoms with Gasteiger partial charge < -0.3 is 15.0 Å². The molecule has 0 aliphatic rings. The molecule has 40 heavy (non-hydrogen) atoms. The number of benzene rings is 3. The minimum Gasteiger partial charge on any atom is -0.497 e. The van der Waals surface area contributed by atoms with Crippen molar-refractivity contribution in [3.05, 3.63) is 95.6 Å². The van der Waals surface area contributed by atoms with Crippen LogP contribution < -0.4 is 14.4 Å². The molecular weight excluding hydrogens is 526 g/mol. The first-order chi connectivity index (χ1) is 19.0. The molecule has 0 aliphatic carbocycles. The zero-order chi connectivity index (χ0) is 29.3. The topological polar surface area (TPSA) is 96.0 Å². The molecule has 8 nitrogen and oxygen atoms in total. The van der Waals surface area contributed by atoms with E-state index in [0.717, 1.165) is 27.3 Å². The van der Waals surface area contributed by atoms with Crippen LogP contribution in [0.1, 0.15) is 37.5 Å². The average Bonchev–Trinajstić information content (AvgIpc) is 2.93. The Bertz CT molecular complexity index is 1390. The molecule has 0 saturated heterocycles. The van der Waals surface area contributed by atoms with Gasteiger partial charge in [0.15, 0.2) is 0 Å². The Kier molecular flexibility index (Phi) is 10.7. The lowest BCUT2D eigenvalue weighted by atomic mass is 10.0. The van der Waals surface area contributed by atoms with Gasteiger partial charge in [0.2, 0.25) is 21.8 Å². The van der Waals surface area contributed by atoms with E-state index in [1.54, 1.807) is 31.4 Å². The van der Waals surface area contributed by atoms with Crippen molar-refractivity contribution in [3.63, 3.8) is 0 Å². The molecule has 0 saturated carbocycles. The summed E-state index contributed by atoms with van der Waals surface area (Å²) in [5.74, 6) is -0.181. The molecule has 0 fully saturated rings. The monoisotopic (exact) mass is 565 g/mol. The maximum absolute atomic E-state index is 14.2. The van der Waals surface area contributed by atoms with Crippen molar-refractivity contribution in [2.75, 3.05) is 24.2 Å². The van der Waals surface area contributed by atoms with Crippen molar-refractivity contribution in [1.29, 1.82) is 0 Å². The van der Waals surface area contributed by atoms with Crippen molar-refractivity contribution in [2.45, 2.75) is 52.2 Å². The van der Waals surface area contributed by atoms with Gasteiger partial charge in [-0.2, -0.15) is 0 Å². The third kappa shape index (κ3) is 8.32. The van der Waals surface area contributed by atoms with Gasteiger partial charge in [-0.05, 0) is 55.2 Å². The van der Waals surface area contributed by atoms with E-state index in [9.17, 15) is 18.0 Å². The number of ether oxygens (including phenoxy) is 1. The fraction of sp³-hybridized carbons (Fsp3) is 0.355. The number of amides is 2. The Hall–Kier alpha value is -3.85. The molecular formula is C31H39N3O5S. The highest BCUT2D eigenvalue weighted by atomic mass is 32.2. The van der Waals surface area contributed by atoms with E-state index in [-0.39, 0.29) is 24.9 Å². The maximum Gasteiger partial charge on any atom is 0.244 e. The summed E-state index contributed by atoms with van der Waals surface area (Å²) in [6.45, 7) is 5.30. The number of nitrogens with one attached hydrogen (secondary N) is 1. The zero-order valence-electron chi connectivity index (χ0n) is 23.8. The van der Waals surface area contributed by atoms with Gasteiger partial charge >= 0.3 is 0 Å². The molecule has 9 heteroatoms. The number of hydrogen-bond acceptors (Lipinski definition) is 5. The van der Waals surface area contributed by atoms with Crippen molar-refractivity contribution >= 4 is 27.5 Å². The zero-order valence-corrected chi connectivity index (χ0v) is 24.6. The van der Waals surface area contributed by atoms with Gasteiger partial charge in [0.25, 0.3) is 0 Å². The number of sulfonamides is 1. The molecule has 1 N–H and O–H groups in total. The lowest BCUT2D eigenvalue weighted by Crippen LogP contribution is -2.54. The van der Waals surface area contributed by atoms with E-state index in [2.05, 4.69) is 5.32 Å². The summed E-state index contributed by atoms with van der Waals surface area (Å²) in [5.41, 5.74) is 2.89. The van der Waals surface area contributed by atoms with Crippen LogP contribution in [0, 0.1) is 0 Å². The quantitative estimate of drug-likeness (QED) is 0.335. The van der Waals surface area contributed by atoms with E-state index in [0.29, 0.717) is 17.9 Å². The van der Waals surface area contributed by atoms with E-state index < -0.39 is 28.5 Å². The van der Waals surface area contributed by atoms with E-state index >= 15 is 0 Å². The molecule has 0 radical (unpaired) electrons. The first kappa shape index (κ1) is 30.7. The summed E-state index contributed by atoms with van der Waals surface area (Å²) in [4.78, 5) is 29.2. The van der Waals surface area contributed by atoms with Crippen LogP contribution in [0.25, 0.3) is 0 Å². The molecule has 0 aromatic heterocycles. The fourth-order valence-electron chi connectivity index (χ4n) is 4.55. The number of hydrogen-bond donors (Lipinski definition) is 1. The second-order valence-corrected chi connectivity index (χ2v) is 11.9. The number of rotatable bonds is 13. The van der Waals surface area contributed by atoms with Crippen molar-refractivity contribution < 1.29 is 22.7 Å². The van der Waals surface area contributed by atoms with Crippen LogP contribution in [0.15, 0.2) is 78.9 Å². The van der Waals surface area contributed by atoms with Gasteiger partial charge in [-0.1, -0.05) is 67.6 Å². The van der Waals surface area contributed by atoms with Crippen molar-refractivity contribution in [2.24, 2.45) is 0 Å². The minimum atomic E-state index is -3.82. The summed E-state index contributed by atoms with van der Waals surface area (Å²) in [5, 5.41) is 2.95. The third-order valence-corrected chi connectivity index (χ3v) is 7.64. The Morgan fingerprint density at radius 3 is 2.20 bits per heavy atom. The predicted molar refractivity (Wildman–Crippen MR) is 159 cm³/mol. The smallest absolute Gasteiger partial charge is 0.244 e. The number of methoxy groups -OCH3 is 1. The molecule has 0 unspecified atom stereocenters. The Balaban J connectivity index is 2.09. The lowest BCUT2D eigenvalue weighted by Gasteiger charge is -2.34. The SMILES string of the molecule is CCc1ccccc1N(CC(=O)N(Cc1cccc(OC)c1)[C@@H](Cc1ccccc1)C(=O)NC(C)C)S(C)(=O)=O. The van der Waals surface area contributed by atoms with Crippen LogP contribution in [0.5, 0.6) is 5.75 Å². The first-order valence-electron chi connectivity index (χ1n) is 13.4. The number of carbonyl (C=O) groups is 2. The van der Waals surface area contributed by atoms with E-state index in [1.165, 1.54) is 4.90 Å². The van der Waals surface area contributed by atoms with E-state index in [1.807, 2.05) is 75.4 Å². The summed E-state index contributed by atoms with van der Waals surface area (Å²) >= 11 is 0. The average molecular weight is 566 g/mol. The Labute approximate surface area is 238 Å². The van der Waals surface area contributed by atoms with Gasteiger partial charge in [-0.15, -0.1) is 0 Å². The Morgan fingerprint density at radius 1 is 0.925 bits per heavy atom. The van der Waals surface area contributed by atoms with Crippen molar-refractivity contribution in [1.82, 2.24) is 10.2 Å². The molecule has 3 aromatic carbocycles. The second-order valence-electron chi connectivity index (χ2n) is 9.99. The summed E-state index contributed by atoms with van der Waals surface area (Å²) in [7, 11) is -2.26. The summed E-state index contributed by atoms with van der Waals surface area (Å²) < 4.78 is 32.5. The molecule has 3 aromatic rings.